The van der Waals surface area contributed by atoms with E-state index in [0.29, 0.717) is 47.6 Å². The Hall–Kier alpha value is -3.02. The summed E-state index contributed by atoms with van der Waals surface area (Å²) < 4.78 is 51.0. The number of hydrogen-bond acceptors (Lipinski definition) is 8. The van der Waals surface area contributed by atoms with Gasteiger partial charge in [-0.25, -0.2) is 8.42 Å². The van der Waals surface area contributed by atoms with E-state index in [4.69, 9.17) is 18.9 Å². The third-order valence-corrected chi connectivity index (χ3v) is 11.5. The quantitative estimate of drug-likeness (QED) is 0.415. The summed E-state index contributed by atoms with van der Waals surface area (Å²) in [4.78, 5) is 13.7. The van der Waals surface area contributed by atoms with E-state index in [9.17, 15) is 13.2 Å². The number of ether oxygens (including phenoxy) is 4. The van der Waals surface area contributed by atoms with E-state index in [1.165, 1.54) is 23.9 Å². The Morgan fingerprint density at radius 2 is 1.69 bits per heavy atom. The Labute approximate surface area is 249 Å². The summed E-state index contributed by atoms with van der Waals surface area (Å²) in [5.41, 5.74) is 1.55. The van der Waals surface area contributed by atoms with Crippen molar-refractivity contribution in [2.75, 3.05) is 52.9 Å². The van der Waals surface area contributed by atoms with Gasteiger partial charge in [0.2, 0.25) is 15.8 Å². The van der Waals surface area contributed by atoms with Gasteiger partial charge in [-0.3, -0.25) is 4.79 Å². The second-order valence-corrected chi connectivity index (χ2v) is 14.3. The van der Waals surface area contributed by atoms with Crippen LogP contribution in [0, 0.1) is 16.7 Å². The van der Waals surface area contributed by atoms with Crippen molar-refractivity contribution in [3.05, 3.63) is 41.5 Å². The summed E-state index contributed by atoms with van der Waals surface area (Å²) in [5, 5.41) is 6.58. The minimum atomic E-state index is -3.92. The van der Waals surface area contributed by atoms with Crippen molar-refractivity contribution in [3.8, 4) is 17.2 Å². The standard InChI is InChI=1S/C31H43N3O7S/c1-30(2)22-9-10-31(3,18-22)29(30)33-28(35)21-7-8-23(26(17-21)42(36,37)34-11-13-41-14-12-34)32-19-20-15-24(38-4)27(40-6)25(16-20)39-5/h7-8,15-17,22,29,32H,9-14,18-19H2,1-6H3,(H,33,35)/t22-,29?,31+/m1/s1. The highest BCUT2D eigenvalue weighted by molar-refractivity contribution is 7.89. The molecule has 2 aliphatic carbocycles. The minimum Gasteiger partial charge on any atom is -0.493 e. The summed E-state index contributed by atoms with van der Waals surface area (Å²) in [6.45, 7) is 8.16. The number of morpholine rings is 1. The van der Waals surface area contributed by atoms with Crippen molar-refractivity contribution in [2.45, 2.75) is 57.5 Å². The molecule has 11 heteroatoms. The number of anilines is 1. The molecule has 230 valence electrons. The zero-order valence-electron chi connectivity index (χ0n) is 25.4. The molecule has 2 saturated carbocycles. The lowest BCUT2D eigenvalue weighted by Crippen LogP contribution is -2.52. The first-order valence-corrected chi connectivity index (χ1v) is 15.9. The number of sulfonamides is 1. The zero-order chi connectivity index (χ0) is 30.3. The monoisotopic (exact) mass is 601 g/mol. The van der Waals surface area contributed by atoms with Gasteiger partial charge in [0, 0.05) is 31.2 Å². The fourth-order valence-electron chi connectivity index (χ4n) is 7.26. The number of rotatable bonds is 10. The molecule has 2 bridgehead atoms. The van der Waals surface area contributed by atoms with Gasteiger partial charge in [-0.05, 0) is 71.9 Å². The van der Waals surface area contributed by atoms with E-state index in [1.54, 1.807) is 26.4 Å². The van der Waals surface area contributed by atoms with Crippen molar-refractivity contribution in [1.29, 1.82) is 0 Å². The van der Waals surface area contributed by atoms with Crippen LogP contribution in [0.25, 0.3) is 0 Å². The Balaban J connectivity index is 1.45. The highest BCUT2D eigenvalue weighted by atomic mass is 32.2. The van der Waals surface area contributed by atoms with Crippen LogP contribution in [0.3, 0.4) is 0 Å². The summed E-state index contributed by atoms with van der Waals surface area (Å²) >= 11 is 0. The van der Waals surface area contributed by atoms with E-state index in [-0.39, 0.29) is 47.3 Å². The highest BCUT2D eigenvalue weighted by Gasteiger charge is 2.59. The predicted octanol–water partition coefficient (Wildman–Crippen LogP) is 4.29. The van der Waals surface area contributed by atoms with Crippen molar-refractivity contribution < 1.29 is 32.2 Å². The molecule has 3 aliphatic rings. The lowest BCUT2D eigenvalue weighted by Gasteiger charge is -2.43. The molecule has 1 amide bonds. The molecular formula is C31H43N3O7S. The van der Waals surface area contributed by atoms with Gasteiger partial charge in [0.25, 0.3) is 5.91 Å². The van der Waals surface area contributed by atoms with Crippen LogP contribution in [-0.4, -0.2) is 72.3 Å². The predicted molar refractivity (Wildman–Crippen MR) is 160 cm³/mol. The second-order valence-electron chi connectivity index (χ2n) is 12.4. The fourth-order valence-corrected chi connectivity index (χ4v) is 8.86. The first kappa shape index (κ1) is 30.4. The van der Waals surface area contributed by atoms with Gasteiger partial charge in [-0.1, -0.05) is 20.8 Å². The molecule has 10 nitrogen and oxygen atoms in total. The van der Waals surface area contributed by atoms with Crippen LogP contribution < -0.4 is 24.8 Å². The molecule has 0 aromatic heterocycles. The number of hydrogen-bond donors (Lipinski definition) is 2. The maximum atomic E-state index is 13.9. The molecule has 1 heterocycles. The number of amides is 1. The van der Waals surface area contributed by atoms with Crippen LogP contribution in [0.4, 0.5) is 5.69 Å². The van der Waals surface area contributed by atoms with E-state index in [1.807, 2.05) is 12.1 Å². The molecule has 2 aromatic rings. The van der Waals surface area contributed by atoms with Gasteiger partial charge >= 0.3 is 0 Å². The number of nitrogens with zero attached hydrogens (tertiary/aromatic N) is 1. The molecule has 3 atom stereocenters. The number of nitrogens with one attached hydrogen (secondary N) is 2. The van der Waals surface area contributed by atoms with Gasteiger partial charge in [0.15, 0.2) is 11.5 Å². The molecule has 2 N–H and O–H groups in total. The van der Waals surface area contributed by atoms with Gasteiger partial charge in [0.05, 0.1) is 40.2 Å². The smallest absolute Gasteiger partial charge is 0.251 e. The minimum absolute atomic E-state index is 0.0205. The van der Waals surface area contributed by atoms with Gasteiger partial charge < -0.3 is 29.6 Å². The highest BCUT2D eigenvalue weighted by Crippen LogP contribution is 2.62. The Morgan fingerprint density at radius 1 is 1.02 bits per heavy atom. The average Bonchev–Trinajstić information content (AvgIpc) is 3.48. The SMILES string of the molecule is COc1cc(CNc2ccc(C(=O)NC3C(C)(C)[C@@H]4CC[C@@]3(C)C4)cc2S(=O)(=O)N2CCOCC2)cc(OC)c1OC. The Bertz CT molecular complexity index is 1410. The maximum absolute atomic E-state index is 13.9. The lowest BCUT2D eigenvalue weighted by atomic mass is 9.68. The van der Waals surface area contributed by atoms with Crippen LogP contribution in [0.5, 0.6) is 17.2 Å². The molecule has 2 aromatic carbocycles. The summed E-state index contributed by atoms with van der Waals surface area (Å²) in [5.74, 6) is 1.80. The van der Waals surface area contributed by atoms with E-state index in [2.05, 4.69) is 31.4 Å². The Morgan fingerprint density at radius 3 is 2.26 bits per heavy atom. The number of carbonyl (C=O) groups excluding carboxylic acids is 1. The van der Waals surface area contributed by atoms with Crippen molar-refractivity contribution in [2.24, 2.45) is 16.7 Å². The molecule has 1 saturated heterocycles. The average molecular weight is 602 g/mol. The van der Waals surface area contributed by atoms with Gasteiger partial charge in [0.1, 0.15) is 4.90 Å². The third-order valence-electron chi connectivity index (χ3n) is 9.58. The van der Waals surface area contributed by atoms with Crippen LogP contribution >= 0.6 is 0 Å². The molecule has 1 aliphatic heterocycles. The molecule has 0 radical (unpaired) electrons. The van der Waals surface area contributed by atoms with Crippen LogP contribution in [0.15, 0.2) is 35.2 Å². The summed E-state index contributed by atoms with van der Waals surface area (Å²) in [7, 11) is 0.711. The van der Waals surface area contributed by atoms with Crippen LogP contribution in [0.1, 0.15) is 56.0 Å². The Kier molecular flexibility index (Phi) is 8.39. The third kappa shape index (κ3) is 5.42. The second kappa shape index (κ2) is 11.6. The van der Waals surface area contributed by atoms with Gasteiger partial charge in [-0.15, -0.1) is 0 Å². The molecule has 1 unspecified atom stereocenters. The molecule has 3 fully saturated rings. The number of benzene rings is 2. The van der Waals surface area contributed by atoms with Gasteiger partial charge in [-0.2, -0.15) is 4.31 Å². The van der Waals surface area contributed by atoms with Crippen LogP contribution in [-0.2, 0) is 21.3 Å². The largest absolute Gasteiger partial charge is 0.493 e. The molecule has 0 spiro atoms. The van der Waals surface area contributed by atoms with Crippen molar-refractivity contribution >= 4 is 21.6 Å². The normalized spacial score (nSPS) is 25.2. The van der Waals surface area contributed by atoms with Crippen LogP contribution in [0.2, 0.25) is 0 Å². The molecular weight excluding hydrogens is 558 g/mol. The number of methoxy groups -OCH3 is 3. The summed E-state index contributed by atoms with van der Waals surface area (Å²) in [6.07, 6.45) is 3.38. The van der Waals surface area contributed by atoms with E-state index >= 15 is 0 Å². The molecule has 42 heavy (non-hydrogen) atoms. The topological polar surface area (TPSA) is 115 Å². The lowest BCUT2D eigenvalue weighted by molar-refractivity contribution is 0.0729. The molecule has 5 rings (SSSR count). The van der Waals surface area contributed by atoms with E-state index < -0.39 is 10.0 Å². The first-order chi connectivity index (χ1) is 19.9. The number of fused-ring (bicyclic) bond motifs is 2. The maximum Gasteiger partial charge on any atom is 0.251 e. The number of carbonyl (C=O) groups is 1. The van der Waals surface area contributed by atoms with Crippen molar-refractivity contribution in [3.63, 3.8) is 0 Å². The zero-order valence-corrected chi connectivity index (χ0v) is 26.2. The summed E-state index contributed by atoms with van der Waals surface area (Å²) in [6, 6.07) is 8.50. The first-order valence-electron chi connectivity index (χ1n) is 14.5. The van der Waals surface area contributed by atoms with E-state index in [0.717, 1.165) is 18.4 Å². The van der Waals surface area contributed by atoms with Crippen molar-refractivity contribution in [1.82, 2.24) is 9.62 Å². The fraction of sp³-hybridized carbons (Fsp3) is 0.581.